The molecule has 7 heteroatoms. The molecule has 0 fully saturated rings. The van der Waals surface area contributed by atoms with Crippen LogP contribution >= 0.6 is 23.1 Å². The molecule has 0 radical (unpaired) electrons. The molecule has 1 unspecified atom stereocenters. The van der Waals surface area contributed by atoms with Gasteiger partial charge in [0, 0.05) is 17.4 Å². The Morgan fingerprint density at radius 1 is 1.58 bits per heavy atom. The molecule has 5 nitrogen and oxygen atoms in total. The minimum atomic E-state index is -0.663. The number of aromatic nitrogens is 1. The van der Waals surface area contributed by atoms with E-state index in [4.69, 9.17) is 4.52 Å². The van der Waals surface area contributed by atoms with E-state index in [2.05, 4.69) is 10.5 Å². The number of nitrogens with one attached hydrogen (secondary N) is 1. The summed E-state index contributed by atoms with van der Waals surface area (Å²) in [6.45, 7) is 1.74. The van der Waals surface area contributed by atoms with E-state index in [0.717, 1.165) is 4.21 Å². The van der Waals surface area contributed by atoms with E-state index < -0.39 is 5.92 Å². The van der Waals surface area contributed by atoms with Gasteiger partial charge in [0.15, 0.2) is 11.6 Å². The van der Waals surface area contributed by atoms with Crippen LogP contribution in [0, 0.1) is 12.8 Å². The molecule has 0 aliphatic carbocycles. The average Bonchev–Trinajstić information content (AvgIpc) is 2.99. The topological polar surface area (TPSA) is 72.2 Å². The van der Waals surface area contributed by atoms with Crippen LogP contribution in [-0.2, 0) is 4.79 Å². The Balaban J connectivity index is 1.76. The van der Waals surface area contributed by atoms with Gasteiger partial charge < -0.3 is 9.84 Å². The lowest BCUT2D eigenvalue weighted by Gasteiger charge is -2.18. The molecule has 0 bridgehead atoms. The summed E-state index contributed by atoms with van der Waals surface area (Å²) >= 11 is 3.08. The molecule has 1 atom stereocenters. The number of thioether (sulfide) groups is 1. The molecule has 0 aromatic carbocycles. The molecule has 98 valence electrons. The van der Waals surface area contributed by atoms with Gasteiger partial charge in [0.2, 0.25) is 5.91 Å². The highest BCUT2D eigenvalue weighted by atomic mass is 32.2. The first kappa shape index (κ1) is 12.4. The summed E-state index contributed by atoms with van der Waals surface area (Å²) in [5, 5.41) is 8.17. The lowest BCUT2D eigenvalue weighted by Crippen LogP contribution is -2.33. The number of amides is 1. The van der Waals surface area contributed by atoms with Gasteiger partial charge in [0.05, 0.1) is 4.21 Å². The minimum Gasteiger partial charge on any atom is -0.360 e. The number of fused-ring (bicyclic) bond motifs is 1. The molecule has 3 rings (SSSR count). The number of aryl methyl sites for hydroxylation is 1. The Labute approximate surface area is 117 Å². The summed E-state index contributed by atoms with van der Waals surface area (Å²) in [5.41, 5.74) is 0.651. The first-order valence-corrected chi connectivity index (χ1v) is 7.50. The van der Waals surface area contributed by atoms with Crippen LogP contribution in [0.5, 0.6) is 0 Å². The van der Waals surface area contributed by atoms with Crippen LogP contribution in [0.25, 0.3) is 0 Å². The van der Waals surface area contributed by atoms with Crippen molar-refractivity contribution in [1.29, 1.82) is 0 Å². The molecule has 2 aromatic heterocycles. The number of carbonyl (C=O) groups is 2. The number of ketones is 1. The zero-order valence-corrected chi connectivity index (χ0v) is 11.6. The summed E-state index contributed by atoms with van der Waals surface area (Å²) in [6.07, 6.45) is 0. The van der Waals surface area contributed by atoms with Gasteiger partial charge in [-0.25, -0.2) is 0 Å². The molecule has 0 spiro atoms. The van der Waals surface area contributed by atoms with Crippen molar-refractivity contribution >= 4 is 40.6 Å². The van der Waals surface area contributed by atoms with Crippen molar-refractivity contribution < 1.29 is 14.1 Å². The van der Waals surface area contributed by atoms with Gasteiger partial charge in [-0.1, -0.05) is 5.16 Å². The lowest BCUT2D eigenvalue weighted by molar-refractivity contribution is -0.118. The zero-order valence-electron chi connectivity index (χ0n) is 10.0. The second kappa shape index (κ2) is 4.82. The molecular formula is C12H10N2O3S2. The standard InChI is InChI=1S/C12H10N2O3S2/c1-6-4-9(14-17-6)13-11(16)8-5-19-12-7(10(8)15)2-3-18-12/h2-4,8H,5H2,1H3,(H,13,14,16). The predicted octanol–water partition coefficient (Wildman–Crippen LogP) is 2.59. The van der Waals surface area contributed by atoms with Crippen molar-refractivity contribution in [2.75, 3.05) is 11.1 Å². The minimum absolute atomic E-state index is 0.118. The third-order valence-electron chi connectivity index (χ3n) is 2.79. The second-order valence-electron chi connectivity index (χ2n) is 4.16. The van der Waals surface area contributed by atoms with Crippen molar-refractivity contribution in [3.63, 3.8) is 0 Å². The van der Waals surface area contributed by atoms with Crippen molar-refractivity contribution in [3.05, 3.63) is 28.8 Å². The maximum atomic E-state index is 12.2. The molecule has 1 aliphatic heterocycles. The summed E-state index contributed by atoms with van der Waals surface area (Å²) in [5.74, 6) is 0.310. The van der Waals surface area contributed by atoms with Gasteiger partial charge in [0.1, 0.15) is 11.7 Å². The highest BCUT2D eigenvalue weighted by Gasteiger charge is 2.34. The van der Waals surface area contributed by atoms with Crippen LogP contribution in [0.15, 0.2) is 26.2 Å². The van der Waals surface area contributed by atoms with Gasteiger partial charge in [-0.3, -0.25) is 9.59 Å². The summed E-state index contributed by atoms with van der Waals surface area (Å²) < 4.78 is 5.86. The van der Waals surface area contributed by atoms with Gasteiger partial charge in [-0.05, 0) is 18.4 Å². The number of anilines is 1. The number of Topliss-reactive ketones (excluding diaryl/α,β-unsaturated/α-hetero) is 1. The molecule has 1 N–H and O–H groups in total. The average molecular weight is 294 g/mol. The van der Waals surface area contributed by atoms with Crippen molar-refractivity contribution in [2.24, 2.45) is 5.92 Å². The number of thiophene rings is 1. The molecule has 0 saturated carbocycles. The first-order valence-electron chi connectivity index (χ1n) is 5.64. The molecule has 1 amide bonds. The monoisotopic (exact) mass is 294 g/mol. The summed E-state index contributed by atoms with van der Waals surface area (Å²) in [4.78, 5) is 24.3. The van der Waals surface area contributed by atoms with Gasteiger partial charge in [-0.15, -0.1) is 23.1 Å². The van der Waals surface area contributed by atoms with E-state index >= 15 is 0 Å². The van der Waals surface area contributed by atoms with Crippen molar-refractivity contribution in [1.82, 2.24) is 5.16 Å². The molecule has 0 saturated heterocycles. The van der Waals surface area contributed by atoms with Gasteiger partial charge in [0.25, 0.3) is 0 Å². The van der Waals surface area contributed by atoms with Crippen LogP contribution in [-0.4, -0.2) is 22.6 Å². The number of rotatable bonds is 2. The Morgan fingerprint density at radius 3 is 3.16 bits per heavy atom. The third-order valence-corrected chi connectivity index (χ3v) is 5.12. The molecule has 19 heavy (non-hydrogen) atoms. The van der Waals surface area contributed by atoms with Crippen LogP contribution in [0.2, 0.25) is 0 Å². The Kier molecular flexibility index (Phi) is 3.16. The highest BCUT2D eigenvalue weighted by molar-refractivity contribution is 8.01. The fraction of sp³-hybridized carbons (Fsp3) is 0.250. The Bertz CT molecular complexity index is 647. The van der Waals surface area contributed by atoms with Crippen molar-refractivity contribution in [3.8, 4) is 0 Å². The zero-order chi connectivity index (χ0) is 13.4. The van der Waals surface area contributed by atoms with E-state index in [1.165, 1.54) is 11.3 Å². The number of carbonyl (C=O) groups excluding carboxylic acids is 2. The largest absolute Gasteiger partial charge is 0.360 e. The van der Waals surface area contributed by atoms with Crippen LogP contribution in [0.3, 0.4) is 0 Å². The summed E-state index contributed by atoms with van der Waals surface area (Å²) in [7, 11) is 0. The van der Waals surface area contributed by atoms with E-state index in [-0.39, 0.29) is 11.7 Å². The van der Waals surface area contributed by atoms with Crippen molar-refractivity contribution in [2.45, 2.75) is 11.1 Å². The third kappa shape index (κ3) is 2.31. The maximum Gasteiger partial charge on any atom is 0.237 e. The fourth-order valence-electron chi connectivity index (χ4n) is 1.85. The number of nitrogens with zero attached hydrogens (tertiary/aromatic N) is 1. The van der Waals surface area contributed by atoms with Crippen LogP contribution in [0.4, 0.5) is 5.82 Å². The van der Waals surface area contributed by atoms with E-state index in [1.807, 2.05) is 5.38 Å². The molecule has 3 heterocycles. The molecular weight excluding hydrogens is 284 g/mol. The van der Waals surface area contributed by atoms with Crippen LogP contribution < -0.4 is 5.32 Å². The number of hydrogen-bond donors (Lipinski definition) is 1. The smallest absolute Gasteiger partial charge is 0.237 e. The Hall–Kier alpha value is -1.60. The Morgan fingerprint density at radius 2 is 2.42 bits per heavy atom. The SMILES string of the molecule is Cc1cc(NC(=O)C2CSc3sccc3C2=O)no1. The number of hydrogen-bond acceptors (Lipinski definition) is 6. The van der Waals surface area contributed by atoms with Gasteiger partial charge >= 0.3 is 0 Å². The quantitative estimate of drug-likeness (QED) is 0.862. The van der Waals surface area contributed by atoms with E-state index in [0.29, 0.717) is 22.9 Å². The second-order valence-corrected chi connectivity index (χ2v) is 6.37. The van der Waals surface area contributed by atoms with E-state index in [9.17, 15) is 9.59 Å². The molecule has 2 aromatic rings. The molecule has 1 aliphatic rings. The van der Waals surface area contributed by atoms with Gasteiger partial charge in [-0.2, -0.15) is 0 Å². The first-order chi connectivity index (χ1) is 9.15. The fourth-order valence-corrected chi connectivity index (χ4v) is 4.06. The highest BCUT2D eigenvalue weighted by Crippen LogP contribution is 2.37. The lowest BCUT2D eigenvalue weighted by atomic mass is 10.0. The predicted molar refractivity (Wildman–Crippen MR) is 72.7 cm³/mol. The van der Waals surface area contributed by atoms with E-state index in [1.54, 1.807) is 30.8 Å². The van der Waals surface area contributed by atoms with Crippen LogP contribution in [0.1, 0.15) is 16.1 Å². The summed E-state index contributed by atoms with van der Waals surface area (Å²) in [6, 6.07) is 3.39. The maximum absolute atomic E-state index is 12.2. The normalized spacial score (nSPS) is 18.2.